The summed E-state index contributed by atoms with van der Waals surface area (Å²) in [4.78, 5) is 32.8. The normalized spacial score (nSPS) is 14.6. The van der Waals surface area contributed by atoms with Crippen LogP contribution in [0.15, 0.2) is 48.8 Å². The lowest BCUT2D eigenvalue weighted by molar-refractivity contribution is -0.132. The average molecular weight is 396 g/mol. The highest BCUT2D eigenvalue weighted by atomic mass is 16.5. The van der Waals surface area contributed by atoms with Gasteiger partial charge in [-0.15, -0.1) is 0 Å². The lowest BCUT2D eigenvalue weighted by atomic mass is 10.1. The Kier molecular flexibility index (Phi) is 7.76. The zero-order chi connectivity index (χ0) is 20.5. The maximum atomic E-state index is 12.4. The van der Waals surface area contributed by atoms with Crippen LogP contribution in [0.2, 0.25) is 0 Å². The fraction of sp³-hybridized carbons (Fsp3) is 0.435. The van der Waals surface area contributed by atoms with Gasteiger partial charge in [-0.25, -0.2) is 0 Å². The molecule has 0 unspecified atom stereocenters. The van der Waals surface area contributed by atoms with Crippen molar-refractivity contribution in [2.45, 2.75) is 25.7 Å². The van der Waals surface area contributed by atoms with Crippen LogP contribution < -0.4 is 4.74 Å². The third kappa shape index (κ3) is 6.12. The average Bonchev–Trinajstić information content (AvgIpc) is 2.78. The molecule has 0 saturated carbocycles. The molecule has 1 aromatic heterocycles. The van der Waals surface area contributed by atoms with E-state index in [1.807, 2.05) is 23.1 Å². The van der Waals surface area contributed by atoms with E-state index in [4.69, 9.17) is 4.74 Å². The van der Waals surface area contributed by atoms with E-state index in [-0.39, 0.29) is 24.5 Å². The summed E-state index contributed by atoms with van der Waals surface area (Å²) < 4.78 is 5.41. The molecule has 1 fully saturated rings. The number of hydrogen-bond acceptors (Lipinski definition) is 5. The van der Waals surface area contributed by atoms with Gasteiger partial charge in [0.15, 0.2) is 5.78 Å². The van der Waals surface area contributed by atoms with E-state index in [1.165, 1.54) is 5.56 Å². The fourth-order valence-electron chi connectivity index (χ4n) is 3.67. The molecule has 0 bridgehead atoms. The minimum absolute atomic E-state index is 0.0265. The standard InChI is InChI=1S/C23H29N3O3/c1-29-22-9-3-2-6-19(22)8-5-13-25-14-16-26(17-15-25)23(28)11-10-21(27)20-7-4-12-24-18-20/h2-4,6-7,9,12,18H,5,8,10-11,13-17H2,1H3. The molecule has 0 aliphatic carbocycles. The van der Waals surface area contributed by atoms with E-state index < -0.39 is 0 Å². The monoisotopic (exact) mass is 395 g/mol. The molecule has 0 radical (unpaired) electrons. The Hall–Kier alpha value is -2.73. The number of Topliss-reactive ketones (excluding diaryl/α,β-unsaturated/α-hetero) is 1. The van der Waals surface area contributed by atoms with Crippen LogP contribution in [0.25, 0.3) is 0 Å². The van der Waals surface area contributed by atoms with Gasteiger partial charge < -0.3 is 9.64 Å². The zero-order valence-corrected chi connectivity index (χ0v) is 17.0. The minimum atomic E-state index is -0.0265. The molecule has 6 heteroatoms. The molecular weight excluding hydrogens is 366 g/mol. The van der Waals surface area contributed by atoms with Crippen molar-refractivity contribution in [1.29, 1.82) is 0 Å². The lowest BCUT2D eigenvalue weighted by Crippen LogP contribution is -2.48. The highest BCUT2D eigenvalue weighted by molar-refractivity contribution is 5.97. The third-order valence-electron chi connectivity index (χ3n) is 5.39. The Bertz CT molecular complexity index is 802. The van der Waals surface area contributed by atoms with E-state index in [1.54, 1.807) is 31.6 Å². The molecule has 0 spiro atoms. The van der Waals surface area contributed by atoms with Gasteiger partial charge in [-0.1, -0.05) is 18.2 Å². The molecule has 1 aliphatic heterocycles. The van der Waals surface area contributed by atoms with E-state index in [2.05, 4.69) is 16.0 Å². The summed E-state index contributed by atoms with van der Waals surface area (Å²) in [6.45, 7) is 4.24. The van der Waals surface area contributed by atoms with Crippen LogP contribution in [0.4, 0.5) is 0 Å². The van der Waals surface area contributed by atoms with Gasteiger partial charge in [0, 0.05) is 57.0 Å². The van der Waals surface area contributed by atoms with Crippen LogP contribution in [0.5, 0.6) is 5.75 Å². The first-order valence-electron chi connectivity index (χ1n) is 10.2. The second-order valence-electron chi connectivity index (χ2n) is 7.30. The van der Waals surface area contributed by atoms with Gasteiger partial charge in [0.2, 0.25) is 5.91 Å². The van der Waals surface area contributed by atoms with E-state index in [0.29, 0.717) is 5.56 Å². The smallest absolute Gasteiger partial charge is 0.223 e. The van der Waals surface area contributed by atoms with Crippen molar-refractivity contribution in [1.82, 2.24) is 14.8 Å². The van der Waals surface area contributed by atoms with Crippen molar-refractivity contribution in [3.63, 3.8) is 0 Å². The topological polar surface area (TPSA) is 62.7 Å². The number of benzene rings is 1. The van der Waals surface area contributed by atoms with Crippen molar-refractivity contribution in [3.05, 3.63) is 59.9 Å². The molecule has 29 heavy (non-hydrogen) atoms. The van der Waals surface area contributed by atoms with Gasteiger partial charge in [-0.2, -0.15) is 0 Å². The van der Waals surface area contributed by atoms with Crippen LogP contribution in [-0.2, 0) is 11.2 Å². The minimum Gasteiger partial charge on any atom is -0.496 e. The Morgan fingerprint density at radius 3 is 2.55 bits per heavy atom. The zero-order valence-electron chi connectivity index (χ0n) is 17.0. The maximum absolute atomic E-state index is 12.4. The van der Waals surface area contributed by atoms with Crippen molar-refractivity contribution in [3.8, 4) is 5.75 Å². The molecule has 1 aromatic carbocycles. The Labute approximate surface area is 172 Å². The number of rotatable bonds is 9. The second kappa shape index (κ2) is 10.7. The number of carbonyl (C=O) groups excluding carboxylic acids is 2. The molecule has 2 heterocycles. The lowest BCUT2D eigenvalue weighted by Gasteiger charge is -2.34. The number of ketones is 1. The number of carbonyl (C=O) groups is 2. The number of pyridine rings is 1. The fourth-order valence-corrected chi connectivity index (χ4v) is 3.67. The summed E-state index contributed by atoms with van der Waals surface area (Å²) in [6.07, 6.45) is 5.74. The van der Waals surface area contributed by atoms with Gasteiger partial charge in [-0.05, 0) is 43.1 Å². The summed E-state index contributed by atoms with van der Waals surface area (Å²) in [5.74, 6) is 0.987. The number of aryl methyl sites for hydroxylation is 1. The summed E-state index contributed by atoms with van der Waals surface area (Å²) in [7, 11) is 1.71. The van der Waals surface area contributed by atoms with Crippen molar-refractivity contribution >= 4 is 11.7 Å². The van der Waals surface area contributed by atoms with Crippen LogP contribution in [0, 0.1) is 0 Å². The third-order valence-corrected chi connectivity index (χ3v) is 5.39. The van der Waals surface area contributed by atoms with Crippen LogP contribution >= 0.6 is 0 Å². The molecular formula is C23H29N3O3. The molecule has 0 atom stereocenters. The first-order chi connectivity index (χ1) is 14.2. The molecule has 6 nitrogen and oxygen atoms in total. The number of piperazine rings is 1. The highest BCUT2D eigenvalue weighted by Crippen LogP contribution is 2.19. The van der Waals surface area contributed by atoms with E-state index >= 15 is 0 Å². The largest absolute Gasteiger partial charge is 0.496 e. The summed E-state index contributed by atoms with van der Waals surface area (Å²) in [6, 6.07) is 11.6. The van der Waals surface area contributed by atoms with Crippen LogP contribution in [0.1, 0.15) is 35.2 Å². The first kappa shape index (κ1) is 21.0. The molecule has 2 aromatic rings. The number of hydrogen-bond donors (Lipinski definition) is 0. The van der Waals surface area contributed by atoms with Crippen LogP contribution in [-0.4, -0.2) is 66.3 Å². The Morgan fingerprint density at radius 2 is 1.83 bits per heavy atom. The summed E-state index contributed by atoms with van der Waals surface area (Å²) in [5, 5.41) is 0. The number of aromatic nitrogens is 1. The van der Waals surface area contributed by atoms with E-state index in [0.717, 1.165) is 51.3 Å². The second-order valence-corrected chi connectivity index (χ2v) is 7.30. The summed E-state index contributed by atoms with van der Waals surface area (Å²) in [5.41, 5.74) is 1.81. The molecule has 1 amide bonds. The first-order valence-corrected chi connectivity index (χ1v) is 10.2. The molecule has 1 saturated heterocycles. The number of methoxy groups -OCH3 is 1. The molecule has 0 N–H and O–H groups in total. The van der Waals surface area contributed by atoms with Crippen molar-refractivity contribution in [2.24, 2.45) is 0 Å². The molecule has 3 rings (SSSR count). The van der Waals surface area contributed by atoms with Gasteiger partial charge in [0.1, 0.15) is 5.75 Å². The quantitative estimate of drug-likeness (QED) is 0.611. The Balaban J connectivity index is 1.35. The SMILES string of the molecule is COc1ccccc1CCCN1CCN(C(=O)CCC(=O)c2cccnc2)CC1. The Morgan fingerprint density at radius 1 is 1.03 bits per heavy atom. The highest BCUT2D eigenvalue weighted by Gasteiger charge is 2.21. The number of para-hydroxylation sites is 1. The summed E-state index contributed by atoms with van der Waals surface area (Å²) >= 11 is 0. The molecule has 154 valence electrons. The predicted octanol–water partition coefficient (Wildman–Crippen LogP) is 2.83. The van der Waals surface area contributed by atoms with E-state index in [9.17, 15) is 9.59 Å². The van der Waals surface area contributed by atoms with Gasteiger partial charge in [0.05, 0.1) is 7.11 Å². The number of amides is 1. The molecule has 1 aliphatic rings. The van der Waals surface area contributed by atoms with Gasteiger partial charge in [-0.3, -0.25) is 19.5 Å². The predicted molar refractivity (Wildman–Crippen MR) is 112 cm³/mol. The van der Waals surface area contributed by atoms with Gasteiger partial charge >= 0.3 is 0 Å². The van der Waals surface area contributed by atoms with Crippen molar-refractivity contribution in [2.75, 3.05) is 39.8 Å². The van der Waals surface area contributed by atoms with Crippen molar-refractivity contribution < 1.29 is 14.3 Å². The maximum Gasteiger partial charge on any atom is 0.223 e. The van der Waals surface area contributed by atoms with Crippen LogP contribution in [0.3, 0.4) is 0 Å². The number of nitrogens with zero attached hydrogens (tertiary/aromatic N) is 3. The van der Waals surface area contributed by atoms with Gasteiger partial charge in [0.25, 0.3) is 0 Å². The number of ether oxygens (including phenoxy) is 1.